The highest BCUT2D eigenvalue weighted by Crippen LogP contribution is 2.40. The Kier molecular flexibility index (Phi) is 2.08. The molecule has 0 bridgehead atoms. The molecule has 13 heavy (non-hydrogen) atoms. The van der Waals surface area contributed by atoms with Gasteiger partial charge in [0.1, 0.15) is 12.1 Å². The predicted octanol–water partition coefficient (Wildman–Crippen LogP) is 1.39. The van der Waals surface area contributed by atoms with Crippen molar-refractivity contribution in [1.82, 2.24) is 9.97 Å². The van der Waals surface area contributed by atoms with E-state index in [1.807, 2.05) is 0 Å². The van der Waals surface area contributed by atoms with Crippen LogP contribution in [0.2, 0.25) is 0 Å². The summed E-state index contributed by atoms with van der Waals surface area (Å²) in [5.74, 6) is 0.786. The largest absolute Gasteiger partial charge is 0.303 e. The highest BCUT2D eigenvalue weighted by atomic mass is 16.1. The third-order valence-corrected chi connectivity index (χ3v) is 2.73. The zero-order valence-electron chi connectivity index (χ0n) is 7.44. The van der Waals surface area contributed by atoms with Crippen molar-refractivity contribution in [2.75, 3.05) is 0 Å². The van der Waals surface area contributed by atoms with Gasteiger partial charge >= 0.3 is 0 Å². The Morgan fingerprint density at radius 1 is 1.38 bits per heavy atom. The Morgan fingerprint density at radius 2 is 2.08 bits per heavy atom. The fourth-order valence-corrected chi connectivity index (χ4v) is 1.70. The van der Waals surface area contributed by atoms with Gasteiger partial charge in [-0.2, -0.15) is 0 Å². The Labute approximate surface area is 77.2 Å². The molecule has 3 heteroatoms. The average Bonchev–Trinajstić information content (AvgIpc) is 2.13. The molecule has 0 saturated heterocycles. The lowest BCUT2D eigenvalue weighted by atomic mass is 9.68. The Bertz CT molecular complexity index is 293. The van der Waals surface area contributed by atoms with Gasteiger partial charge < -0.3 is 4.79 Å². The molecular weight excluding hydrogens is 164 g/mol. The molecule has 0 aliphatic heterocycles. The SMILES string of the molecule is O=CC1(Cc2ncccn2)CCC1. The predicted molar refractivity (Wildman–Crippen MR) is 48.1 cm³/mol. The molecule has 1 aliphatic carbocycles. The molecule has 0 amide bonds. The van der Waals surface area contributed by atoms with E-state index in [0.29, 0.717) is 6.42 Å². The first-order valence-corrected chi connectivity index (χ1v) is 4.57. The third-order valence-electron chi connectivity index (χ3n) is 2.73. The Hall–Kier alpha value is -1.25. The van der Waals surface area contributed by atoms with Crippen molar-refractivity contribution >= 4 is 6.29 Å². The van der Waals surface area contributed by atoms with Crippen LogP contribution in [0.15, 0.2) is 18.5 Å². The van der Waals surface area contributed by atoms with Gasteiger partial charge in [0.2, 0.25) is 0 Å². The number of carbonyl (C=O) groups is 1. The van der Waals surface area contributed by atoms with Gasteiger partial charge in [-0.1, -0.05) is 6.42 Å². The number of hydrogen-bond acceptors (Lipinski definition) is 3. The number of aldehydes is 1. The minimum absolute atomic E-state index is 0.138. The second-order valence-corrected chi connectivity index (χ2v) is 3.68. The summed E-state index contributed by atoms with van der Waals surface area (Å²) >= 11 is 0. The van der Waals surface area contributed by atoms with Crippen LogP contribution < -0.4 is 0 Å². The fraction of sp³-hybridized carbons (Fsp3) is 0.500. The molecule has 1 aromatic heterocycles. The first-order valence-electron chi connectivity index (χ1n) is 4.57. The van der Waals surface area contributed by atoms with Gasteiger partial charge in [0.25, 0.3) is 0 Å². The number of rotatable bonds is 3. The number of aromatic nitrogens is 2. The van der Waals surface area contributed by atoms with E-state index in [1.165, 1.54) is 0 Å². The topological polar surface area (TPSA) is 42.9 Å². The zero-order valence-corrected chi connectivity index (χ0v) is 7.44. The summed E-state index contributed by atoms with van der Waals surface area (Å²) in [4.78, 5) is 19.1. The molecule has 68 valence electrons. The van der Waals surface area contributed by atoms with Crippen LogP contribution in [-0.4, -0.2) is 16.3 Å². The average molecular weight is 176 g/mol. The van der Waals surface area contributed by atoms with Crippen LogP contribution in [0.3, 0.4) is 0 Å². The summed E-state index contributed by atoms with van der Waals surface area (Å²) in [6.07, 6.45) is 8.37. The van der Waals surface area contributed by atoms with E-state index in [-0.39, 0.29) is 5.41 Å². The first-order chi connectivity index (χ1) is 6.35. The lowest BCUT2D eigenvalue weighted by molar-refractivity contribution is -0.120. The number of hydrogen-bond donors (Lipinski definition) is 0. The van der Waals surface area contributed by atoms with Crippen molar-refractivity contribution in [3.8, 4) is 0 Å². The monoisotopic (exact) mass is 176 g/mol. The molecular formula is C10H12N2O. The normalized spacial score (nSPS) is 19.1. The quantitative estimate of drug-likeness (QED) is 0.653. The second-order valence-electron chi connectivity index (χ2n) is 3.68. The van der Waals surface area contributed by atoms with E-state index < -0.39 is 0 Å². The molecule has 1 heterocycles. The van der Waals surface area contributed by atoms with Gasteiger partial charge in [-0.15, -0.1) is 0 Å². The van der Waals surface area contributed by atoms with Gasteiger partial charge in [0, 0.05) is 24.2 Å². The number of nitrogens with zero attached hydrogens (tertiary/aromatic N) is 2. The van der Waals surface area contributed by atoms with E-state index >= 15 is 0 Å². The van der Waals surface area contributed by atoms with Crippen molar-refractivity contribution in [1.29, 1.82) is 0 Å². The molecule has 0 unspecified atom stereocenters. The van der Waals surface area contributed by atoms with E-state index in [1.54, 1.807) is 18.5 Å². The molecule has 3 nitrogen and oxygen atoms in total. The molecule has 1 aliphatic rings. The zero-order chi connectivity index (χ0) is 9.15. The molecule has 1 aromatic rings. The van der Waals surface area contributed by atoms with Crippen LogP contribution in [0.25, 0.3) is 0 Å². The summed E-state index contributed by atoms with van der Waals surface area (Å²) in [6.45, 7) is 0. The molecule has 0 spiro atoms. The molecule has 2 rings (SSSR count). The third kappa shape index (κ3) is 1.59. The Balaban J connectivity index is 2.09. The number of carbonyl (C=O) groups excluding carboxylic acids is 1. The highest BCUT2D eigenvalue weighted by Gasteiger charge is 2.37. The van der Waals surface area contributed by atoms with Crippen molar-refractivity contribution in [2.24, 2.45) is 5.41 Å². The van der Waals surface area contributed by atoms with Crippen LogP contribution in [0.1, 0.15) is 25.1 Å². The van der Waals surface area contributed by atoms with Gasteiger partial charge in [0.05, 0.1) is 0 Å². The van der Waals surface area contributed by atoms with Gasteiger partial charge in [0.15, 0.2) is 0 Å². The summed E-state index contributed by atoms with van der Waals surface area (Å²) in [6, 6.07) is 1.79. The summed E-state index contributed by atoms with van der Waals surface area (Å²) in [5, 5.41) is 0. The van der Waals surface area contributed by atoms with Crippen molar-refractivity contribution in [3.63, 3.8) is 0 Å². The molecule has 0 radical (unpaired) electrons. The second kappa shape index (κ2) is 3.24. The maximum absolute atomic E-state index is 10.9. The summed E-state index contributed by atoms with van der Waals surface area (Å²) in [7, 11) is 0. The summed E-state index contributed by atoms with van der Waals surface area (Å²) < 4.78 is 0. The van der Waals surface area contributed by atoms with E-state index in [0.717, 1.165) is 31.4 Å². The first kappa shape index (κ1) is 8.35. The Morgan fingerprint density at radius 3 is 2.54 bits per heavy atom. The van der Waals surface area contributed by atoms with Gasteiger partial charge in [-0.3, -0.25) is 0 Å². The van der Waals surface area contributed by atoms with Crippen molar-refractivity contribution in [3.05, 3.63) is 24.3 Å². The molecule has 0 aromatic carbocycles. The van der Waals surface area contributed by atoms with Crippen molar-refractivity contribution < 1.29 is 4.79 Å². The molecule has 1 fully saturated rings. The molecule has 0 atom stereocenters. The minimum atomic E-state index is -0.138. The molecule has 0 N–H and O–H groups in total. The van der Waals surface area contributed by atoms with Gasteiger partial charge in [-0.25, -0.2) is 9.97 Å². The van der Waals surface area contributed by atoms with Gasteiger partial charge in [-0.05, 0) is 18.9 Å². The van der Waals surface area contributed by atoms with Crippen LogP contribution in [0.4, 0.5) is 0 Å². The van der Waals surface area contributed by atoms with Crippen molar-refractivity contribution in [2.45, 2.75) is 25.7 Å². The lowest BCUT2D eigenvalue weighted by Gasteiger charge is -2.35. The van der Waals surface area contributed by atoms with Crippen LogP contribution >= 0.6 is 0 Å². The maximum atomic E-state index is 10.9. The molecule has 1 saturated carbocycles. The lowest BCUT2D eigenvalue weighted by Crippen LogP contribution is -2.33. The van der Waals surface area contributed by atoms with Crippen LogP contribution in [0, 0.1) is 5.41 Å². The van der Waals surface area contributed by atoms with E-state index in [4.69, 9.17) is 0 Å². The smallest absolute Gasteiger partial charge is 0.129 e. The maximum Gasteiger partial charge on any atom is 0.129 e. The minimum Gasteiger partial charge on any atom is -0.303 e. The van der Waals surface area contributed by atoms with E-state index in [9.17, 15) is 4.79 Å². The van der Waals surface area contributed by atoms with Crippen LogP contribution in [0.5, 0.6) is 0 Å². The highest BCUT2D eigenvalue weighted by molar-refractivity contribution is 5.61. The van der Waals surface area contributed by atoms with Crippen LogP contribution in [-0.2, 0) is 11.2 Å². The fourth-order valence-electron chi connectivity index (χ4n) is 1.70. The summed E-state index contributed by atoms with van der Waals surface area (Å²) in [5.41, 5.74) is -0.138. The standard InChI is InChI=1S/C10H12N2O/c13-8-10(3-1-4-10)7-9-11-5-2-6-12-9/h2,5-6,8H,1,3-4,7H2. The van der Waals surface area contributed by atoms with E-state index in [2.05, 4.69) is 9.97 Å².